The van der Waals surface area contributed by atoms with E-state index in [9.17, 15) is 4.79 Å². The van der Waals surface area contributed by atoms with E-state index in [4.69, 9.17) is 4.74 Å². The van der Waals surface area contributed by atoms with Gasteiger partial charge in [0.25, 0.3) is 5.91 Å². The number of hydrogen-bond acceptors (Lipinski definition) is 5. The lowest BCUT2D eigenvalue weighted by Crippen LogP contribution is -2.55. The average molecular weight is 484 g/mol. The van der Waals surface area contributed by atoms with Crippen LogP contribution in [-0.2, 0) is 11.3 Å². The fraction of sp³-hybridized carbons (Fsp3) is 0.607. The molecule has 1 amide bonds. The van der Waals surface area contributed by atoms with Crippen molar-refractivity contribution in [2.24, 2.45) is 0 Å². The molecule has 2 heterocycles. The van der Waals surface area contributed by atoms with Crippen molar-refractivity contribution >= 4 is 17.2 Å². The molecule has 0 radical (unpaired) electrons. The lowest BCUT2D eigenvalue weighted by atomic mass is 9.96. The first-order valence-corrected chi connectivity index (χ1v) is 14.0. The van der Waals surface area contributed by atoms with Crippen molar-refractivity contribution in [3.8, 4) is 5.75 Å². The van der Waals surface area contributed by atoms with Gasteiger partial charge in [0.15, 0.2) is 6.61 Å². The van der Waals surface area contributed by atoms with E-state index in [-0.39, 0.29) is 18.7 Å². The van der Waals surface area contributed by atoms with Crippen LogP contribution in [0.5, 0.6) is 5.75 Å². The van der Waals surface area contributed by atoms with Gasteiger partial charge in [0.2, 0.25) is 0 Å². The summed E-state index contributed by atoms with van der Waals surface area (Å²) in [4.78, 5) is 17.0. The Bertz CT molecular complexity index is 906. The van der Waals surface area contributed by atoms with Gasteiger partial charge in [-0.1, -0.05) is 64.2 Å². The molecule has 5 nitrogen and oxygen atoms in total. The van der Waals surface area contributed by atoms with Crippen molar-refractivity contribution < 1.29 is 9.53 Å². The highest BCUT2D eigenvalue weighted by atomic mass is 32.1. The molecule has 1 atom stereocenters. The summed E-state index contributed by atoms with van der Waals surface area (Å²) in [5, 5.41) is 4.51. The first-order chi connectivity index (χ1) is 16.5. The molecular formula is C28H41N3O2S. The third kappa shape index (κ3) is 6.41. The normalized spacial score (nSPS) is 20.3. The van der Waals surface area contributed by atoms with E-state index < -0.39 is 0 Å². The third-order valence-corrected chi connectivity index (χ3v) is 8.08. The Morgan fingerprint density at radius 3 is 2.62 bits per heavy atom. The van der Waals surface area contributed by atoms with Crippen molar-refractivity contribution in [2.75, 3.05) is 13.2 Å². The predicted octanol–water partition coefficient (Wildman–Crippen LogP) is 6.24. The number of rotatable bonds is 8. The van der Waals surface area contributed by atoms with Gasteiger partial charge in [-0.15, -0.1) is 11.3 Å². The first kappa shape index (κ1) is 25.2. The summed E-state index contributed by atoms with van der Waals surface area (Å²) in [6, 6.07) is 11.0. The van der Waals surface area contributed by atoms with Crippen LogP contribution in [0.3, 0.4) is 0 Å². The number of carbonyl (C=O) groups is 1. The number of aryl methyl sites for hydroxylation is 1. The van der Waals surface area contributed by atoms with Gasteiger partial charge in [0.05, 0.1) is 12.7 Å². The lowest BCUT2D eigenvalue weighted by molar-refractivity contribution is -0.142. The third-order valence-electron chi connectivity index (χ3n) is 7.21. The van der Waals surface area contributed by atoms with E-state index >= 15 is 0 Å². The summed E-state index contributed by atoms with van der Waals surface area (Å²) in [6.07, 6.45) is 10.0. The second kappa shape index (κ2) is 12.2. The van der Waals surface area contributed by atoms with Gasteiger partial charge in [-0.05, 0) is 60.7 Å². The van der Waals surface area contributed by atoms with Gasteiger partial charge in [-0.3, -0.25) is 10.2 Å². The summed E-state index contributed by atoms with van der Waals surface area (Å²) in [7, 11) is 0. The molecule has 4 rings (SSSR count). The molecule has 0 spiro atoms. The Morgan fingerprint density at radius 1 is 1.15 bits per heavy atom. The maximum atomic E-state index is 13.7. The van der Waals surface area contributed by atoms with Crippen molar-refractivity contribution in [3.63, 3.8) is 0 Å². The fourth-order valence-corrected chi connectivity index (χ4v) is 6.06. The van der Waals surface area contributed by atoms with Gasteiger partial charge in [-0.2, -0.15) is 0 Å². The van der Waals surface area contributed by atoms with Crippen LogP contribution in [0.1, 0.15) is 87.1 Å². The maximum Gasteiger partial charge on any atom is 0.262 e. The van der Waals surface area contributed by atoms with Gasteiger partial charge in [0, 0.05) is 17.5 Å². The molecule has 1 unspecified atom stereocenters. The summed E-state index contributed by atoms with van der Waals surface area (Å²) in [6.45, 7) is 8.04. The molecule has 34 heavy (non-hydrogen) atoms. The van der Waals surface area contributed by atoms with Crippen molar-refractivity contribution in [1.82, 2.24) is 15.3 Å². The Morgan fingerprint density at radius 2 is 1.91 bits per heavy atom. The highest BCUT2D eigenvalue weighted by molar-refractivity contribution is 7.09. The number of ether oxygens (including phenoxy) is 1. The number of benzene rings is 1. The largest absolute Gasteiger partial charge is 0.483 e. The van der Waals surface area contributed by atoms with Crippen LogP contribution < -0.4 is 10.2 Å². The molecule has 186 valence electrons. The van der Waals surface area contributed by atoms with Gasteiger partial charge in [-0.25, -0.2) is 5.01 Å². The number of amides is 1. The van der Waals surface area contributed by atoms with E-state index in [0.717, 1.165) is 29.8 Å². The molecule has 1 saturated carbocycles. The first-order valence-electron chi connectivity index (χ1n) is 13.1. The maximum absolute atomic E-state index is 13.7. The zero-order valence-corrected chi connectivity index (χ0v) is 21.9. The van der Waals surface area contributed by atoms with Crippen LogP contribution in [0.15, 0.2) is 35.7 Å². The van der Waals surface area contributed by atoms with Crippen molar-refractivity contribution in [2.45, 2.75) is 96.8 Å². The molecule has 1 N–H and O–H groups in total. The summed E-state index contributed by atoms with van der Waals surface area (Å²) < 4.78 is 6.19. The summed E-state index contributed by atoms with van der Waals surface area (Å²) in [5.41, 5.74) is 5.95. The Hall–Kier alpha value is -1.89. The van der Waals surface area contributed by atoms with Gasteiger partial charge in [0.1, 0.15) is 5.75 Å². The molecule has 2 aliphatic rings. The van der Waals surface area contributed by atoms with E-state index in [1.54, 1.807) is 11.3 Å². The Labute approximate surface area is 209 Å². The molecular weight excluding hydrogens is 442 g/mol. The minimum atomic E-state index is 0.0640. The van der Waals surface area contributed by atoms with Gasteiger partial charge < -0.3 is 9.64 Å². The summed E-state index contributed by atoms with van der Waals surface area (Å²) >= 11 is 1.72. The smallest absolute Gasteiger partial charge is 0.262 e. The van der Waals surface area contributed by atoms with Crippen LogP contribution in [0.2, 0.25) is 0 Å². The number of nitrogens with one attached hydrogen (secondary N) is 1. The zero-order chi connectivity index (χ0) is 23.9. The molecule has 1 saturated heterocycles. The van der Waals surface area contributed by atoms with Crippen LogP contribution in [0.25, 0.3) is 0 Å². The fourth-order valence-electron chi connectivity index (χ4n) is 5.35. The molecule has 1 aliphatic carbocycles. The molecule has 2 fully saturated rings. The monoisotopic (exact) mass is 483 g/mol. The van der Waals surface area contributed by atoms with E-state index in [1.165, 1.54) is 49.8 Å². The van der Waals surface area contributed by atoms with Crippen molar-refractivity contribution in [1.29, 1.82) is 0 Å². The number of thiophene rings is 1. The van der Waals surface area contributed by atoms with E-state index in [1.807, 2.05) is 0 Å². The molecule has 0 bridgehead atoms. The van der Waals surface area contributed by atoms with Crippen molar-refractivity contribution in [3.05, 3.63) is 51.7 Å². The zero-order valence-electron chi connectivity index (χ0n) is 21.1. The highest BCUT2D eigenvalue weighted by Crippen LogP contribution is 2.30. The topological polar surface area (TPSA) is 44.8 Å². The Balaban J connectivity index is 1.51. The number of nitrogens with zero attached hydrogens (tertiary/aromatic N) is 2. The lowest BCUT2D eigenvalue weighted by Gasteiger charge is -2.39. The predicted molar refractivity (Wildman–Crippen MR) is 140 cm³/mol. The average Bonchev–Trinajstić information content (AvgIpc) is 3.47. The van der Waals surface area contributed by atoms with Crippen LogP contribution in [0.4, 0.5) is 0 Å². The number of hydrogen-bond donors (Lipinski definition) is 1. The quantitative estimate of drug-likeness (QED) is 0.483. The minimum absolute atomic E-state index is 0.0640. The number of carbonyl (C=O) groups excluding carboxylic acids is 1. The van der Waals surface area contributed by atoms with Crippen LogP contribution in [-0.4, -0.2) is 41.2 Å². The molecule has 1 aromatic carbocycles. The number of hydrazine groups is 1. The van der Waals surface area contributed by atoms with E-state index in [2.05, 4.69) is 71.8 Å². The second-order valence-electron chi connectivity index (χ2n) is 10.2. The van der Waals surface area contributed by atoms with E-state index in [0.29, 0.717) is 18.5 Å². The molecule has 1 aromatic heterocycles. The SMILES string of the molecule is Cc1ccc(C(C)C)c(OCC(=O)N(Cc2cccs2)C2CCNN2C2CCCCCCC2)c1. The van der Waals surface area contributed by atoms with Gasteiger partial charge >= 0.3 is 0 Å². The molecule has 6 heteroatoms. The Kier molecular flexibility index (Phi) is 9.04. The molecule has 2 aromatic rings. The second-order valence-corrected chi connectivity index (χ2v) is 11.2. The van der Waals surface area contributed by atoms with Crippen LogP contribution >= 0.6 is 11.3 Å². The highest BCUT2D eigenvalue weighted by Gasteiger charge is 2.37. The standard InChI is InChI=1S/C28H41N3O2S/c1-21(2)25-14-13-22(3)18-26(25)33-20-28(32)30(19-24-12-9-17-34-24)27-15-16-29-31(27)23-10-7-5-4-6-8-11-23/h9,12-14,17-18,21,23,27,29H,4-8,10-11,15-16,19-20H2,1-3H3. The minimum Gasteiger partial charge on any atom is -0.483 e. The molecule has 1 aliphatic heterocycles. The summed E-state index contributed by atoms with van der Waals surface area (Å²) in [5.74, 6) is 1.25. The van der Waals surface area contributed by atoms with Crippen LogP contribution in [0, 0.1) is 6.92 Å².